The van der Waals surface area contributed by atoms with Crippen LogP contribution < -0.4 is 0 Å². The third-order valence-electron chi connectivity index (χ3n) is 2.34. The molecule has 0 aliphatic rings. The second kappa shape index (κ2) is 3.81. The van der Waals surface area contributed by atoms with E-state index in [9.17, 15) is 8.78 Å². The fraction of sp³-hybridized carbons (Fsp3) is 0.167. The fourth-order valence-electron chi connectivity index (χ4n) is 1.49. The molecule has 0 bridgehead atoms. The van der Waals surface area contributed by atoms with Crippen molar-refractivity contribution in [2.45, 2.75) is 5.25 Å². The van der Waals surface area contributed by atoms with Gasteiger partial charge in [0.05, 0.1) is 0 Å². The molecule has 0 fully saturated rings. The summed E-state index contributed by atoms with van der Waals surface area (Å²) >= 11 is 0.555. The van der Waals surface area contributed by atoms with Gasteiger partial charge in [0.15, 0.2) is 0 Å². The maximum Gasteiger partial charge on any atom is 0.319 e. The van der Waals surface area contributed by atoms with Gasteiger partial charge in [0.25, 0.3) is 0 Å². The van der Waals surface area contributed by atoms with Crippen LogP contribution in [-0.2, 0) is 5.25 Å². The van der Waals surface area contributed by atoms with Crippen LogP contribution >= 0.6 is 11.8 Å². The Labute approximate surface area is 91.3 Å². The summed E-state index contributed by atoms with van der Waals surface area (Å²) in [6, 6.07) is 12.3. The molecule has 0 aromatic heterocycles. The van der Waals surface area contributed by atoms with E-state index in [-0.39, 0.29) is 5.56 Å². The Hall–Kier alpha value is -1.09. The van der Waals surface area contributed by atoms with E-state index in [2.05, 4.69) is 0 Å². The Balaban J connectivity index is 2.56. The van der Waals surface area contributed by atoms with Gasteiger partial charge in [-0.15, -0.1) is 0 Å². The van der Waals surface area contributed by atoms with Gasteiger partial charge in [-0.05, 0) is 23.1 Å². The average molecular weight is 224 g/mol. The van der Waals surface area contributed by atoms with Crippen molar-refractivity contribution in [1.29, 1.82) is 0 Å². The molecule has 0 heterocycles. The number of fused-ring (bicyclic) bond motifs is 1. The quantitative estimate of drug-likeness (QED) is 0.734. The molecule has 0 N–H and O–H groups in total. The number of hydrogen-bond donors (Lipinski definition) is 0. The maximum absolute atomic E-state index is 13.4. The minimum Gasteiger partial charge on any atom is -0.189 e. The highest BCUT2D eigenvalue weighted by Crippen LogP contribution is 2.38. The van der Waals surface area contributed by atoms with Gasteiger partial charge >= 0.3 is 5.25 Å². The third-order valence-corrected chi connectivity index (χ3v) is 3.09. The van der Waals surface area contributed by atoms with Crippen LogP contribution in [0.3, 0.4) is 0 Å². The monoisotopic (exact) mass is 224 g/mol. The Bertz CT molecular complexity index is 480. The summed E-state index contributed by atoms with van der Waals surface area (Å²) in [5.74, 6) is 0. The van der Waals surface area contributed by atoms with Gasteiger partial charge in [-0.3, -0.25) is 0 Å². The van der Waals surface area contributed by atoms with Gasteiger partial charge in [0.2, 0.25) is 0 Å². The first-order valence-electron chi connectivity index (χ1n) is 4.56. The molecule has 0 saturated carbocycles. The average Bonchev–Trinajstić information content (AvgIpc) is 2.28. The largest absolute Gasteiger partial charge is 0.319 e. The third kappa shape index (κ3) is 1.97. The molecule has 0 nitrogen and oxygen atoms in total. The van der Waals surface area contributed by atoms with Crippen LogP contribution in [0.25, 0.3) is 10.8 Å². The summed E-state index contributed by atoms with van der Waals surface area (Å²) < 4.78 is 26.8. The zero-order chi connectivity index (χ0) is 10.9. The number of halogens is 2. The molecule has 0 aliphatic heterocycles. The second-order valence-corrected chi connectivity index (χ2v) is 4.20. The normalized spacial score (nSPS) is 11.9. The molecule has 0 atom stereocenters. The van der Waals surface area contributed by atoms with Crippen LogP contribution in [0.15, 0.2) is 42.5 Å². The number of alkyl halides is 2. The van der Waals surface area contributed by atoms with Crippen LogP contribution in [0.4, 0.5) is 8.78 Å². The first-order chi connectivity index (χ1) is 7.13. The van der Waals surface area contributed by atoms with E-state index >= 15 is 0 Å². The molecule has 2 aromatic carbocycles. The van der Waals surface area contributed by atoms with Crippen molar-refractivity contribution in [3.8, 4) is 0 Å². The van der Waals surface area contributed by atoms with Crippen molar-refractivity contribution in [1.82, 2.24) is 0 Å². The summed E-state index contributed by atoms with van der Waals surface area (Å²) in [6.45, 7) is 0. The van der Waals surface area contributed by atoms with Crippen molar-refractivity contribution in [3.63, 3.8) is 0 Å². The van der Waals surface area contributed by atoms with E-state index in [1.165, 1.54) is 12.3 Å². The van der Waals surface area contributed by atoms with E-state index in [4.69, 9.17) is 0 Å². The van der Waals surface area contributed by atoms with E-state index in [1.54, 1.807) is 12.1 Å². The maximum atomic E-state index is 13.4. The highest BCUT2D eigenvalue weighted by atomic mass is 32.2. The van der Waals surface area contributed by atoms with Gasteiger partial charge in [-0.2, -0.15) is 8.78 Å². The van der Waals surface area contributed by atoms with Crippen molar-refractivity contribution < 1.29 is 8.78 Å². The Morgan fingerprint density at radius 1 is 1.00 bits per heavy atom. The molecule has 15 heavy (non-hydrogen) atoms. The van der Waals surface area contributed by atoms with Gasteiger partial charge in [0.1, 0.15) is 0 Å². The zero-order valence-corrected chi connectivity index (χ0v) is 9.02. The molecule has 78 valence electrons. The van der Waals surface area contributed by atoms with Crippen molar-refractivity contribution in [2.75, 3.05) is 6.26 Å². The topological polar surface area (TPSA) is 0 Å². The summed E-state index contributed by atoms with van der Waals surface area (Å²) in [5, 5.41) is -0.966. The van der Waals surface area contributed by atoms with Crippen LogP contribution in [0.1, 0.15) is 5.56 Å². The summed E-state index contributed by atoms with van der Waals surface area (Å²) in [4.78, 5) is 0. The van der Waals surface area contributed by atoms with Crippen molar-refractivity contribution in [3.05, 3.63) is 48.0 Å². The number of rotatable bonds is 2. The minimum absolute atomic E-state index is 0.0636. The highest BCUT2D eigenvalue weighted by Gasteiger charge is 2.29. The van der Waals surface area contributed by atoms with Crippen molar-refractivity contribution >= 4 is 22.5 Å². The van der Waals surface area contributed by atoms with Gasteiger partial charge in [0, 0.05) is 5.56 Å². The molecule has 0 saturated heterocycles. The Morgan fingerprint density at radius 2 is 1.67 bits per heavy atom. The van der Waals surface area contributed by atoms with Crippen LogP contribution in [0.5, 0.6) is 0 Å². The van der Waals surface area contributed by atoms with Gasteiger partial charge in [-0.25, -0.2) is 0 Å². The van der Waals surface area contributed by atoms with Gasteiger partial charge in [-0.1, -0.05) is 48.2 Å². The van der Waals surface area contributed by atoms with Gasteiger partial charge < -0.3 is 0 Å². The summed E-state index contributed by atoms with van der Waals surface area (Å²) in [5.41, 5.74) is 0.0636. The highest BCUT2D eigenvalue weighted by molar-refractivity contribution is 7.99. The summed E-state index contributed by atoms with van der Waals surface area (Å²) in [6.07, 6.45) is 1.41. The molecule has 0 amide bonds. The van der Waals surface area contributed by atoms with Crippen LogP contribution in [0, 0.1) is 0 Å². The lowest BCUT2D eigenvalue weighted by Gasteiger charge is -2.13. The Morgan fingerprint density at radius 3 is 2.33 bits per heavy atom. The first-order valence-corrected chi connectivity index (χ1v) is 5.78. The van der Waals surface area contributed by atoms with E-state index in [0.717, 1.165) is 10.8 Å². The van der Waals surface area contributed by atoms with E-state index in [0.29, 0.717) is 11.8 Å². The second-order valence-electron chi connectivity index (χ2n) is 3.28. The van der Waals surface area contributed by atoms with Crippen molar-refractivity contribution in [2.24, 2.45) is 0 Å². The lowest BCUT2D eigenvalue weighted by Crippen LogP contribution is -2.06. The predicted octanol–water partition coefficient (Wildman–Crippen LogP) is 4.25. The number of thioether (sulfide) groups is 1. The molecule has 0 radical (unpaired) electrons. The molecule has 0 spiro atoms. The zero-order valence-electron chi connectivity index (χ0n) is 8.21. The molecule has 0 unspecified atom stereocenters. The molecule has 3 heteroatoms. The first kappa shape index (κ1) is 10.4. The minimum atomic E-state index is -2.80. The SMILES string of the molecule is CSC(F)(F)c1ccc2ccccc2c1. The molecule has 2 rings (SSSR count). The van der Waals surface area contributed by atoms with Crippen LogP contribution in [0.2, 0.25) is 0 Å². The fourth-order valence-corrected chi connectivity index (χ4v) is 1.85. The lowest BCUT2D eigenvalue weighted by atomic mass is 10.1. The van der Waals surface area contributed by atoms with E-state index in [1.807, 2.05) is 24.3 Å². The number of benzene rings is 2. The predicted molar refractivity (Wildman–Crippen MR) is 61.4 cm³/mol. The standard InChI is InChI=1S/C12H10F2S/c1-15-12(13,14)11-7-6-9-4-2-3-5-10(9)8-11/h2-8H,1H3. The smallest absolute Gasteiger partial charge is 0.189 e. The van der Waals surface area contributed by atoms with Crippen LogP contribution in [-0.4, -0.2) is 6.26 Å². The lowest BCUT2D eigenvalue weighted by molar-refractivity contribution is 0.106. The van der Waals surface area contributed by atoms with E-state index < -0.39 is 5.25 Å². The molecular weight excluding hydrogens is 214 g/mol. The molecular formula is C12H10F2S. The molecule has 2 aromatic rings. The summed E-state index contributed by atoms with van der Waals surface area (Å²) in [7, 11) is 0. The molecule has 0 aliphatic carbocycles. The number of hydrogen-bond acceptors (Lipinski definition) is 1. The Kier molecular flexibility index (Phi) is 2.65.